The van der Waals surface area contributed by atoms with Gasteiger partial charge in [-0.05, 0) is 52.9 Å². The number of hydrogen-bond donors (Lipinski definition) is 1. The van der Waals surface area contributed by atoms with Crippen molar-refractivity contribution in [1.29, 1.82) is 5.41 Å². The molecule has 0 radical (unpaired) electrons. The molecule has 1 N–H and O–H groups in total. The van der Waals surface area contributed by atoms with Crippen molar-refractivity contribution < 1.29 is 0 Å². The zero-order valence-corrected chi connectivity index (χ0v) is 12.9. The summed E-state index contributed by atoms with van der Waals surface area (Å²) in [5, 5.41) is 6.59. The van der Waals surface area contributed by atoms with Crippen LogP contribution >= 0.6 is 23.2 Å². The molecule has 2 aromatic carbocycles. The molecule has 0 aromatic heterocycles. The third kappa shape index (κ3) is 4.52. The van der Waals surface area contributed by atoms with Crippen molar-refractivity contribution in [3.63, 3.8) is 0 Å². The summed E-state index contributed by atoms with van der Waals surface area (Å²) in [4.78, 5) is 7.70. The molecule has 0 saturated carbocycles. The summed E-state index contributed by atoms with van der Waals surface area (Å²) in [7, 11) is 0. The summed E-state index contributed by atoms with van der Waals surface area (Å²) >= 11 is 11.2. The van der Waals surface area contributed by atoms with Crippen LogP contribution in [0.15, 0.2) is 64.6 Å². The molecule has 0 fully saturated rings. The Morgan fingerprint density at radius 2 is 1.57 bits per heavy atom. The van der Waals surface area contributed by atoms with Crippen LogP contribution in [0.3, 0.4) is 0 Å². The van der Waals surface area contributed by atoms with Crippen molar-refractivity contribution in [3.05, 3.63) is 60.2 Å². The van der Waals surface area contributed by atoms with Crippen molar-refractivity contribution in [3.8, 4) is 11.1 Å². The molecule has 0 bridgehead atoms. The number of amidine groups is 2. The van der Waals surface area contributed by atoms with Crippen molar-refractivity contribution >= 4 is 39.5 Å². The second-order valence-corrected chi connectivity index (χ2v) is 5.01. The van der Waals surface area contributed by atoms with Crippen LogP contribution in [-0.4, -0.2) is 16.3 Å². The summed E-state index contributed by atoms with van der Waals surface area (Å²) in [5.74, 6) is 0. The van der Waals surface area contributed by atoms with Gasteiger partial charge in [0.1, 0.15) is 0 Å². The molecule has 0 atom stereocenters. The van der Waals surface area contributed by atoms with Gasteiger partial charge in [-0.15, -0.1) is 0 Å². The topological polar surface area (TPSA) is 48.6 Å². The van der Waals surface area contributed by atoms with E-state index in [2.05, 4.69) is 22.1 Å². The van der Waals surface area contributed by atoms with Gasteiger partial charge in [0.2, 0.25) is 10.6 Å². The first-order valence-corrected chi connectivity index (χ1v) is 7.01. The number of halogens is 2. The Morgan fingerprint density at radius 3 is 2.24 bits per heavy atom. The Balaban J connectivity index is 2.34. The first-order chi connectivity index (χ1) is 10.1. The number of aliphatic imine (C=N–C) groups is 2. The highest BCUT2D eigenvalue weighted by atomic mass is 35.5. The number of benzene rings is 2. The van der Waals surface area contributed by atoms with Gasteiger partial charge in [-0.1, -0.05) is 48.5 Å². The minimum absolute atomic E-state index is 0.0578. The second-order valence-electron chi connectivity index (χ2n) is 4.32. The fourth-order valence-corrected chi connectivity index (χ4v) is 2.20. The van der Waals surface area contributed by atoms with Crippen LogP contribution in [0.1, 0.15) is 12.5 Å². The Labute approximate surface area is 133 Å². The van der Waals surface area contributed by atoms with E-state index in [0.29, 0.717) is 5.71 Å². The molecule has 0 spiro atoms. The quantitative estimate of drug-likeness (QED) is 0.464. The molecule has 106 valence electrons. The lowest BCUT2D eigenvalue weighted by molar-refractivity contribution is 1.48. The van der Waals surface area contributed by atoms with E-state index in [1.54, 1.807) is 0 Å². The lowest BCUT2D eigenvalue weighted by Gasteiger charge is -2.05. The Morgan fingerprint density at radius 1 is 0.905 bits per heavy atom. The lowest BCUT2D eigenvalue weighted by Crippen LogP contribution is -1.98. The fraction of sp³-hybridized carbons (Fsp3) is 0.0625. The second kappa shape index (κ2) is 7.16. The first kappa shape index (κ1) is 15.4. The van der Waals surface area contributed by atoms with Gasteiger partial charge in [-0.3, -0.25) is 5.41 Å². The SMILES string of the molecule is CC(=NC(Cl)=NC(=N)Cl)c1cccc(-c2ccccc2)c1. The molecule has 5 heteroatoms. The monoisotopic (exact) mass is 317 g/mol. The van der Waals surface area contributed by atoms with E-state index in [0.717, 1.165) is 16.7 Å². The zero-order valence-electron chi connectivity index (χ0n) is 11.3. The van der Waals surface area contributed by atoms with Crippen molar-refractivity contribution in [2.75, 3.05) is 0 Å². The summed E-state index contributed by atoms with van der Waals surface area (Å²) in [6.07, 6.45) is 0. The number of rotatable bonds is 2. The number of nitrogens with zero attached hydrogens (tertiary/aromatic N) is 2. The number of nitrogens with one attached hydrogen (secondary N) is 1. The summed E-state index contributed by atoms with van der Waals surface area (Å²) in [6, 6.07) is 18.1. The molecule has 21 heavy (non-hydrogen) atoms. The highest BCUT2D eigenvalue weighted by molar-refractivity contribution is 6.71. The fourth-order valence-electron chi connectivity index (χ4n) is 1.86. The average Bonchev–Trinajstić information content (AvgIpc) is 2.47. The average molecular weight is 318 g/mol. The van der Waals surface area contributed by atoms with Gasteiger partial charge in [0.15, 0.2) is 0 Å². The molecular formula is C16H13Cl2N3. The lowest BCUT2D eigenvalue weighted by atomic mass is 10.0. The van der Waals surface area contributed by atoms with Crippen molar-refractivity contribution in [2.24, 2.45) is 9.98 Å². The van der Waals surface area contributed by atoms with Crippen LogP contribution in [0.2, 0.25) is 0 Å². The maximum Gasteiger partial charge on any atom is 0.225 e. The summed E-state index contributed by atoms with van der Waals surface area (Å²) in [6.45, 7) is 1.83. The first-order valence-electron chi connectivity index (χ1n) is 6.25. The Kier molecular flexibility index (Phi) is 5.26. The molecule has 0 aliphatic carbocycles. The van der Waals surface area contributed by atoms with Crippen molar-refractivity contribution in [2.45, 2.75) is 6.92 Å². The van der Waals surface area contributed by atoms with Gasteiger partial charge in [-0.25, -0.2) is 4.99 Å². The van der Waals surface area contributed by atoms with E-state index >= 15 is 0 Å². The minimum Gasteiger partial charge on any atom is -0.272 e. The molecule has 0 unspecified atom stereocenters. The van der Waals surface area contributed by atoms with Gasteiger partial charge in [-0.2, -0.15) is 4.99 Å². The van der Waals surface area contributed by atoms with Crippen molar-refractivity contribution in [1.82, 2.24) is 0 Å². The van der Waals surface area contributed by atoms with Gasteiger partial charge in [0.05, 0.1) is 0 Å². The molecule has 0 saturated heterocycles. The molecule has 2 aromatic rings. The standard InChI is InChI=1S/C16H13Cl2N3/c1-11(20-16(18)21-15(17)19)13-8-5-9-14(10-13)12-6-3-2-4-7-12/h2-10,19H,1H3. The summed E-state index contributed by atoms with van der Waals surface area (Å²) < 4.78 is 0. The molecular weight excluding hydrogens is 305 g/mol. The number of hydrogen-bond acceptors (Lipinski definition) is 1. The molecule has 0 aliphatic rings. The molecule has 0 amide bonds. The van der Waals surface area contributed by atoms with Gasteiger partial charge in [0, 0.05) is 5.71 Å². The Bertz CT molecular complexity index is 706. The highest BCUT2D eigenvalue weighted by Crippen LogP contribution is 2.20. The third-order valence-electron chi connectivity index (χ3n) is 2.84. The minimum atomic E-state index is -0.394. The van der Waals surface area contributed by atoms with E-state index in [-0.39, 0.29) is 5.29 Å². The normalized spacial score (nSPS) is 12.3. The molecule has 2 rings (SSSR count). The molecule has 3 nitrogen and oxygen atoms in total. The van der Waals surface area contributed by atoms with Crippen LogP contribution in [0.25, 0.3) is 11.1 Å². The van der Waals surface area contributed by atoms with E-state index < -0.39 is 5.29 Å². The maximum atomic E-state index is 7.04. The largest absolute Gasteiger partial charge is 0.272 e. The van der Waals surface area contributed by atoms with E-state index in [4.69, 9.17) is 28.6 Å². The van der Waals surface area contributed by atoms with Gasteiger partial charge < -0.3 is 0 Å². The van der Waals surface area contributed by atoms with Gasteiger partial charge >= 0.3 is 0 Å². The zero-order chi connectivity index (χ0) is 15.2. The van der Waals surface area contributed by atoms with Crippen LogP contribution in [0.5, 0.6) is 0 Å². The molecule has 0 heterocycles. The van der Waals surface area contributed by atoms with E-state index in [1.165, 1.54) is 0 Å². The van der Waals surface area contributed by atoms with E-state index in [1.807, 2.05) is 49.4 Å². The van der Waals surface area contributed by atoms with Gasteiger partial charge in [0.25, 0.3) is 0 Å². The van der Waals surface area contributed by atoms with Crippen LogP contribution in [0.4, 0.5) is 0 Å². The predicted molar refractivity (Wildman–Crippen MR) is 91.0 cm³/mol. The third-order valence-corrected chi connectivity index (χ3v) is 3.09. The molecule has 0 aliphatic heterocycles. The maximum absolute atomic E-state index is 7.04. The van der Waals surface area contributed by atoms with Crippen LogP contribution in [0, 0.1) is 5.41 Å². The smallest absolute Gasteiger partial charge is 0.225 e. The van der Waals surface area contributed by atoms with Crippen LogP contribution in [-0.2, 0) is 0 Å². The highest BCUT2D eigenvalue weighted by Gasteiger charge is 2.03. The van der Waals surface area contributed by atoms with Crippen LogP contribution < -0.4 is 0 Å². The van der Waals surface area contributed by atoms with E-state index in [9.17, 15) is 0 Å². The predicted octanol–water partition coefficient (Wildman–Crippen LogP) is 4.93. The summed E-state index contributed by atoms with van der Waals surface area (Å²) in [5.41, 5.74) is 3.88. The Hall–Kier alpha value is -1.97.